The molecule has 0 heterocycles. The first-order chi connectivity index (χ1) is 6.50. The summed E-state index contributed by atoms with van der Waals surface area (Å²) in [5, 5.41) is 8.60. The number of carboxylic acids is 1. The van der Waals surface area contributed by atoms with Gasteiger partial charge in [0.2, 0.25) is 0 Å². The third kappa shape index (κ3) is 3.08. The lowest BCUT2D eigenvalue weighted by Crippen LogP contribution is -2.15. The second-order valence-electron chi connectivity index (χ2n) is 2.87. The summed E-state index contributed by atoms with van der Waals surface area (Å²) in [5.41, 5.74) is 6.53. The van der Waals surface area contributed by atoms with Gasteiger partial charge in [0.1, 0.15) is 0 Å². The fourth-order valence-electron chi connectivity index (χ4n) is 1.10. The number of aliphatic carboxylic acids is 1. The number of rotatable bonds is 3. The number of hydrogen-bond acceptors (Lipinski definition) is 2. The molecule has 0 fully saturated rings. The van der Waals surface area contributed by atoms with Crippen LogP contribution in [0.4, 0.5) is 0 Å². The maximum Gasteiger partial charge on any atom is 0.305 e. The molecule has 0 aliphatic rings. The predicted octanol–water partition coefficient (Wildman–Crippen LogP) is 2.69. The fraction of sp³-hybridized carbons (Fsp3) is 0.222. The minimum atomic E-state index is -0.899. The van der Waals surface area contributed by atoms with Gasteiger partial charge in [-0.2, -0.15) is 0 Å². The predicted molar refractivity (Wildman–Crippen MR) is 61.0 cm³/mol. The molecule has 1 atom stereocenters. The highest BCUT2D eigenvalue weighted by Gasteiger charge is 2.13. The van der Waals surface area contributed by atoms with Crippen LogP contribution in [0.3, 0.4) is 0 Å². The van der Waals surface area contributed by atoms with Crippen molar-refractivity contribution in [1.82, 2.24) is 0 Å². The third-order valence-corrected chi connectivity index (χ3v) is 2.97. The average Bonchev–Trinajstić information content (AvgIpc) is 2.08. The maximum absolute atomic E-state index is 10.5. The molecule has 1 aromatic carbocycles. The van der Waals surface area contributed by atoms with Crippen LogP contribution in [0.15, 0.2) is 27.1 Å². The summed E-state index contributed by atoms with van der Waals surface area (Å²) in [7, 11) is 0. The molecule has 0 amide bonds. The van der Waals surface area contributed by atoms with E-state index >= 15 is 0 Å². The Kier molecular flexibility index (Phi) is 4.10. The second kappa shape index (κ2) is 4.91. The van der Waals surface area contributed by atoms with Crippen molar-refractivity contribution in [3.05, 3.63) is 32.7 Å². The van der Waals surface area contributed by atoms with Gasteiger partial charge in [0, 0.05) is 15.0 Å². The molecule has 0 radical (unpaired) electrons. The zero-order valence-corrected chi connectivity index (χ0v) is 10.4. The summed E-state index contributed by atoms with van der Waals surface area (Å²) in [5.74, 6) is -0.899. The molecule has 0 aromatic heterocycles. The van der Waals surface area contributed by atoms with Crippen LogP contribution in [0.5, 0.6) is 0 Å². The molecule has 0 spiro atoms. The Morgan fingerprint density at radius 1 is 1.50 bits per heavy atom. The SMILES string of the molecule is N[C@H](CC(=O)O)c1cc(Br)ccc1Br. The number of halogens is 2. The largest absolute Gasteiger partial charge is 0.481 e. The first kappa shape index (κ1) is 11.7. The van der Waals surface area contributed by atoms with Gasteiger partial charge in [-0.15, -0.1) is 0 Å². The molecule has 0 unspecified atom stereocenters. The van der Waals surface area contributed by atoms with E-state index in [2.05, 4.69) is 31.9 Å². The average molecular weight is 323 g/mol. The molecule has 0 bridgehead atoms. The first-order valence-corrected chi connectivity index (χ1v) is 5.51. The normalized spacial score (nSPS) is 12.5. The van der Waals surface area contributed by atoms with Crippen molar-refractivity contribution in [2.75, 3.05) is 0 Å². The van der Waals surface area contributed by atoms with E-state index in [4.69, 9.17) is 10.8 Å². The van der Waals surface area contributed by atoms with E-state index in [1.54, 1.807) is 0 Å². The summed E-state index contributed by atoms with van der Waals surface area (Å²) in [6, 6.07) is 5.03. The summed E-state index contributed by atoms with van der Waals surface area (Å²) in [6.07, 6.45) is -0.0744. The third-order valence-electron chi connectivity index (χ3n) is 1.75. The van der Waals surface area contributed by atoms with Crippen molar-refractivity contribution in [2.45, 2.75) is 12.5 Å². The van der Waals surface area contributed by atoms with Gasteiger partial charge in [-0.3, -0.25) is 4.79 Å². The zero-order chi connectivity index (χ0) is 10.7. The summed E-state index contributed by atoms with van der Waals surface area (Å²) >= 11 is 6.63. The monoisotopic (exact) mass is 321 g/mol. The molecule has 0 saturated carbocycles. The van der Waals surface area contributed by atoms with E-state index in [-0.39, 0.29) is 6.42 Å². The summed E-state index contributed by atoms with van der Waals surface area (Å²) < 4.78 is 1.71. The second-order valence-corrected chi connectivity index (χ2v) is 4.64. The van der Waals surface area contributed by atoms with E-state index < -0.39 is 12.0 Å². The Bertz CT molecular complexity index is 355. The van der Waals surface area contributed by atoms with Gasteiger partial charge >= 0.3 is 5.97 Å². The molecule has 76 valence electrons. The number of benzene rings is 1. The van der Waals surface area contributed by atoms with Gasteiger partial charge in [-0.05, 0) is 23.8 Å². The minimum absolute atomic E-state index is 0.0744. The van der Waals surface area contributed by atoms with Gasteiger partial charge in [-0.25, -0.2) is 0 Å². The Morgan fingerprint density at radius 3 is 2.71 bits per heavy atom. The summed E-state index contributed by atoms with van der Waals surface area (Å²) in [6.45, 7) is 0. The van der Waals surface area contributed by atoms with Gasteiger partial charge in [0.05, 0.1) is 6.42 Å². The van der Waals surface area contributed by atoms with E-state index in [9.17, 15) is 4.79 Å². The van der Waals surface area contributed by atoms with Crippen LogP contribution in [0.2, 0.25) is 0 Å². The lowest BCUT2D eigenvalue weighted by atomic mass is 10.1. The van der Waals surface area contributed by atoms with Crippen molar-refractivity contribution < 1.29 is 9.90 Å². The zero-order valence-electron chi connectivity index (χ0n) is 7.21. The van der Waals surface area contributed by atoms with Crippen LogP contribution < -0.4 is 5.73 Å². The van der Waals surface area contributed by atoms with E-state index in [0.717, 1.165) is 14.5 Å². The molecule has 1 aromatic rings. The van der Waals surface area contributed by atoms with Crippen LogP contribution in [0, 0.1) is 0 Å². The highest BCUT2D eigenvalue weighted by atomic mass is 79.9. The molecule has 3 N–H and O–H groups in total. The highest BCUT2D eigenvalue weighted by molar-refractivity contribution is 9.11. The van der Waals surface area contributed by atoms with Crippen molar-refractivity contribution in [3.63, 3.8) is 0 Å². The molecule has 1 rings (SSSR count). The van der Waals surface area contributed by atoms with E-state index in [0.29, 0.717) is 0 Å². The van der Waals surface area contributed by atoms with Crippen molar-refractivity contribution in [2.24, 2.45) is 5.73 Å². The molecule has 0 saturated heterocycles. The topological polar surface area (TPSA) is 63.3 Å². The first-order valence-electron chi connectivity index (χ1n) is 3.93. The Balaban J connectivity index is 2.93. The lowest BCUT2D eigenvalue weighted by Gasteiger charge is -2.11. The Labute approximate surface area is 98.6 Å². The number of carbonyl (C=O) groups is 1. The van der Waals surface area contributed by atoms with Gasteiger partial charge in [0.15, 0.2) is 0 Å². The minimum Gasteiger partial charge on any atom is -0.481 e. The van der Waals surface area contributed by atoms with Crippen LogP contribution in [-0.2, 0) is 4.79 Å². The molecular formula is C9H9Br2NO2. The molecular weight excluding hydrogens is 314 g/mol. The lowest BCUT2D eigenvalue weighted by molar-refractivity contribution is -0.137. The molecule has 0 aliphatic heterocycles. The van der Waals surface area contributed by atoms with Crippen molar-refractivity contribution in [3.8, 4) is 0 Å². The van der Waals surface area contributed by atoms with Crippen LogP contribution >= 0.6 is 31.9 Å². The van der Waals surface area contributed by atoms with Gasteiger partial charge < -0.3 is 10.8 Å². The van der Waals surface area contributed by atoms with Crippen molar-refractivity contribution >= 4 is 37.8 Å². The fourth-order valence-corrected chi connectivity index (χ4v) is 2.02. The van der Waals surface area contributed by atoms with Crippen LogP contribution in [0.1, 0.15) is 18.0 Å². The summed E-state index contributed by atoms with van der Waals surface area (Å²) in [4.78, 5) is 10.5. The highest BCUT2D eigenvalue weighted by Crippen LogP contribution is 2.27. The van der Waals surface area contributed by atoms with Gasteiger partial charge in [-0.1, -0.05) is 31.9 Å². The molecule has 0 aliphatic carbocycles. The Hall–Kier alpha value is -0.390. The molecule has 5 heteroatoms. The Morgan fingerprint density at radius 2 is 2.14 bits per heavy atom. The molecule has 3 nitrogen and oxygen atoms in total. The number of nitrogens with two attached hydrogens (primary N) is 1. The number of carboxylic acid groups (broad SMARTS) is 1. The van der Waals surface area contributed by atoms with E-state index in [1.807, 2.05) is 18.2 Å². The molecule has 14 heavy (non-hydrogen) atoms. The van der Waals surface area contributed by atoms with E-state index in [1.165, 1.54) is 0 Å². The van der Waals surface area contributed by atoms with Crippen molar-refractivity contribution in [1.29, 1.82) is 0 Å². The van der Waals surface area contributed by atoms with Crippen LogP contribution in [-0.4, -0.2) is 11.1 Å². The van der Waals surface area contributed by atoms with Gasteiger partial charge in [0.25, 0.3) is 0 Å². The maximum atomic E-state index is 10.5. The number of hydrogen-bond donors (Lipinski definition) is 2. The quantitative estimate of drug-likeness (QED) is 0.899. The van der Waals surface area contributed by atoms with Crippen LogP contribution in [0.25, 0.3) is 0 Å². The standard InChI is InChI=1S/C9H9Br2NO2/c10-5-1-2-7(11)6(3-5)8(12)4-9(13)14/h1-3,8H,4,12H2,(H,13,14)/t8-/m1/s1. The smallest absolute Gasteiger partial charge is 0.305 e.